The highest BCUT2D eigenvalue weighted by Gasteiger charge is 2.56. The maximum Gasteiger partial charge on any atom is 0.485 e. The van der Waals surface area contributed by atoms with Crippen LogP contribution in [0.4, 0.5) is 13.2 Å². The number of alkyl halides is 3. The van der Waals surface area contributed by atoms with Crippen molar-refractivity contribution in [3.8, 4) is 0 Å². The fourth-order valence-electron chi connectivity index (χ4n) is 2.36. The van der Waals surface area contributed by atoms with Crippen LogP contribution >= 0.6 is 7.26 Å². The van der Waals surface area contributed by atoms with E-state index in [1.54, 1.807) is 0 Å². The smallest absolute Gasteiger partial charge is 0.485 e. The summed E-state index contributed by atoms with van der Waals surface area (Å²) in [6.45, 7) is 25.8. The Labute approximate surface area is 159 Å². The second kappa shape index (κ2) is 9.06. The van der Waals surface area contributed by atoms with Crippen molar-refractivity contribution in [2.75, 3.05) is 6.66 Å². The first-order valence-electron chi connectivity index (χ1n) is 8.44. The van der Waals surface area contributed by atoms with Gasteiger partial charge in [0.1, 0.15) is 0 Å². The molecule has 0 bridgehead atoms. The minimum atomic E-state index is -6.09. The van der Waals surface area contributed by atoms with Crippen molar-refractivity contribution in [1.82, 2.24) is 4.90 Å². The van der Waals surface area contributed by atoms with Gasteiger partial charge in [0.05, 0.1) is 24.2 Å². The first kappa shape index (κ1) is 28.3. The molecule has 0 spiro atoms. The van der Waals surface area contributed by atoms with E-state index in [0.717, 1.165) is 0 Å². The molecular weight excluding hydrogens is 386 g/mol. The standard InChI is InChI=1S/C16H35NP.CHF3O3S/c1-13(2)17(14(3)4)12-18(11,15(5,6)7)16(8,9)10;2-1(3,4)8(5,6)7/h13-14H,1-11H3;(H,5,6,7)/q+1;/p-1. The van der Waals surface area contributed by atoms with Crippen LogP contribution in [-0.2, 0) is 10.1 Å². The summed E-state index contributed by atoms with van der Waals surface area (Å²) in [7, 11) is -7.42. The van der Waals surface area contributed by atoms with Gasteiger partial charge < -0.3 is 4.55 Å². The summed E-state index contributed by atoms with van der Waals surface area (Å²) >= 11 is 0. The molecule has 0 aromatic carbocycles. The van der Waals surface area contributed by atoms with Gasteiger partial charge in [0, 0.05) is 12.1 Å². The maximum atomic E-state index is 10.7. The van der Waals surface area contributed by atoms with Crippen molar-refractivity contribution in [1.29, 1.82) is 0 Å². The monoisotopic (exact) mass is 421 g/mol. The second-order valence-electron chi connectivity index (χ2n) is 8.94. The average Bonchev–Trinajstić information content (AvgIpc) is 2.29. The van der Waals surface area contributed by atoms with Gasteiger partial charge in [-0.15, -0.1) is 0 Å². The van der Waals surface area contributed by atoms with Crippen molar-refractivity contribution in [2.45, 2.75) is 97.1 Å². The minimum absolute atomic E-state index is 0.299. The Bertz CT molecular complexity index is 511. The van der Waals surface area contributed by atoms with Crippen molar-refractivity contribution < 1.29 is 26.1 Å². The molecule has 26 heavy (non-hydrogen) atoms. The summed E-state index contributed by atoms with van der Waals surface area (Å²) in [6.07, 6.45) is 3.95. The fourth-order valence-corrected chi connectivity index (χ4v) is 5.90. The number of nitrogens with zero attached hydrogens (tertiary/aromatic N) is 1. The summed E-state index contributed by atoms with van der Waals surface area (Å²) in [5.41, 5.74) is -5.65. The Morgan fingerprint density at radius 2 is 1.12 bits per heavy atom. The van der Waals surface area contributed by atoms with E-state index < -0.39 is 22.9 Å². The number of rotatable bonds is 4. The Morgan fingerprint density at radius 3 is 1.23 bits per heavy atom. The molecule has 0 heterocycles. The van der Waals surface area contributed by atoms with Gasteiger partial charge in [-0.2, -0.15) is 13.2 Å². The zero-order chi connectivity index (χ0) is 21.9. The van der Waals surface area contributed by atoms with E-state index in [-0.39, 0.29) is 0 Å². The zero-order valence-electron chi connectivity index (χ0n) is 17.8. The highest BCUT2D eigenvalue weighted by Crippen LogP contribution is 2.76. The zero-order valence-corrected chi connectivity index (χ0v) is 19.5. The van der Waals surface area contributed by atoms with Crippen LogP contribution in [0.5, 0.6) is 0 Å². The van der Waals surface area contributed by atoms with Crippen molar-refractivity contribution in [3.63, 3.8) is 0 Å². The van der Waals surface area contributed by atoms with Gasteiger partial charge >= 0.3 is 5.51 Å². The molecule has 0 atom stereocenters. The molecule has 0 amide bonds. The van der Waals surface area contributed by atoms with Gasteiger partial charge in [0.15, 0.2) is 10.1 Å². The molecular formula is C17H35F3NO3PS. The molecule has 0 aromatic heterocycles. The molecule has 0 rings (SSSR count). The third-order valence-electron chi connectivity index (χ3n) is 4.39. The number of halogens is 3. The van der Waals surface area contributed by atoms with Gasteiger partial charge in [0.25, 0.3) is 6.29 Å². The highest BCUT2D eigenvalue weighted by atomic mass is 32.2. The Morgan fingerprint density at radius 1 is 0.885 bits per heavy atom. The molecule has 0 saturated carbocycles. The van der Waals surface area contributed by atoms with Crippen LogP contribution in [0.1, 0.15) is 69.2 Å². The quantitative estimate of drug-likeness (QED) is 0.264. The predicted octanol–water partition coefficient (Wildman–Crippen LogP) is 5.40. The third-order valence-corrected chi connectivity index (χ3v) is 11.0. The summed E-state index contributed by atoms with van der Waals surface area (Å²) in [4.78, 5) is 2.43. The predicted molar refractivity (Wildman–Crippen MR) is 103 cm³/mol. The lowest BCUT2D eigenvalue weighted by Crippen LogP contribution is -2.42. The van der Waals surface area contributed by atoms with Crippen LogP contribution in [0.15, 0.2) is 0 Å². The minimum Gasteiger partial charge on any atom is -0.741 e. The largest absolute Gasteiger partial charge is 0.741 e. The number of hydrogen-bond acceptors (Lipinski definition) is 4. The fraction of sp³-hybridized carbons (Fsp3) is 0.941. The lowest BCUT2D eigenvalue weighted by molar-refractivity contribution is -0.0517. The summed E-state index contributed by atoms with van der Waals surface area (Å²) < 4.78 is 58.9. The number of hydrogen-bond donors (Lipinski definition) is 0. The molecule has 0 aliphatic rings. The van der Waals surface area contributed by atoms with Gasteiger partial charge in [0.2, 0.25) is 0 Å². The van der Waals surface area contributed by atoms with E-state index in [2.05, 4.69) is 87.1 Å². The summed E-state index contributed by atoms with van der Waals surface area (Å²) in [5.74, 6) is 0. The van der Waals surface area contributed by atoms with Crippen molar-refractivity contribution >= 4 is 17.4 Å². The van der Waals surface area contributed by atoms with Gasteiger partial charge in [-0.1, -0.05) is 0 Å². The van der Waals surface area contributed by atoms with Crippen LogP contribution in [0, 0.1) is 6.29 Å². The molecule has 0 fully saturated rings. The van der Waals surface area contributed by atoms with Crippen LogP contribution in [0.2, 0.25) is 0 Å². The summed E-state index contributed by atoms with van der Waals surface area (Å²) in [6, 6.07) is 1.04. The second-order valence-corrected chi connectivity index (χ2v) is 15.2. The molecule has 0 aliphatic heterocycles. The van der Waals surface area contributed by atoms with E-state index in [4.69, 9.17) is 13.0 Å². The van der Waals surface area contributed by atoms with E-state index in [1.165, 1.54) is 0 Å². The van der Waals surface area contributed by atoms with E-state index in [1.807, 2.05) is 0 Å². The Hall–Kier alpha value is 0.0900. The van der Waals surface area contributed by atoms with Crippen molar-refractivity contribution in [2.24, 2.45) is 0 Å². The van der Waals surface area contributed by atoms with Crippen LogP contribution in [0.3, 0.4) is 0 Å². The van der Waals surface area contributed by atoms with Crippen LogP contribution in [0.25, 0.3) is 0 Å². The molecule has 4 nitrogen and oxygen atoms in total. The topological polar surface area (TPSA) is 60.4 Å². The van der Waals surface area contributed by atoms with Gasteiger partial charge in [-0.3, -0.25) is 4.90 Å². The lowest BCUT2D eigenvalue weighted by atomic mass is 10.2. The van der Waals surface area contributed by atoms with E-state index in [9.17, 15) is 13.2 Å². The third kappa shape index (κ3) is 7.99. The molecule has 0 saturated heterocycles. The lowest BCUT2D eigenvalue weighted by Gasteiger charge is -2.46. The van der Waals surface area contributed by atoms with Gasteiger partial charge in [-0.25, -0.2) is 8.42 Å². The first-order valence-corrected chi connectivity index (χ1v) is 12.1. The molecule has 0 unspecified atom stereocenters. The van der Waals surface area contributed by atoms with E-state index >= 15 is 0 Å². The molecule has 9 heteroatoms. The molecule has 0 aliphatic carbocycles. The highest BCUT2D eigenvalue weighted by molar-refractivity contribution is 7.86. The molecule has 158 valence electrons. The molecule has 2 radical (unpaired) electrons. The normalized spacial score (nSPS) is 14.7. The molecule has 0 N–H and O–H groups in total. The van der Waals surface area contributed by atoms with Crippen LogP contribution < -0.4 is 0 Å². The van der Waals surface area contributed by atoms with Gasteiger partial charge in [-0.05, 0) is 69.2 Å². The average molecular weight is 422 g/mol. The van der Waals surface area contributed by atoms with Crippen LogP contribution in [-0.4, -0.2) is 52.4 Å². The Balaban J connectivity index is 0. The first-order chi connectivity index (χ1) is 11.0. The maximum absolute atomic E-state index is 10.7. The van der Waals surface area contributed by atoms with E-state index in [0.29, 0.717) is 22.4 Å². The SMILES string of the molecule is CC(C)N([C][P+](C)(C(C)(C)C)C(C)(C)C)C(C)C.O=S(=O)([O-])C(F)(F)F. The Kier molecular flexibility index (Phi) is 9.86. The summed E-state index contributed by atoms with van der Waals surface area (Å²) in [5, 5.41) is 0.598. The molecule has 0 aromatic rings. The van der Waals surface area contributed by atoms with Crippen molar-refractivity contribution in [3.05, 3.63) is 6.29 Å².